The summed E-state index contributed by atoms with van der Waals surface area (Å²) in [5, 5.41) is 8.89. The highest BCUT2D eigenvalue weighted by molar-refractivity contribution is 5.87. The number of hydrogen-bond donors (Lipinski definition) is 0. The van der Waals surface area contributed by atoms with Gasteiger partial charge in [-0.15, -0.1) is 0 Å². The molecule has 2 aromatic carbocycles. The molecule has 0 aliphatic heterocycles. The summed E-state index contributed by atoms with van der Waals surface area (Å²) in [4.78, 5) is 14.1. The molecule has 3 rings (SSSR count). The van der Waals surface area contributed by atoms with Crippen LogP contribution in [0, 0.1) is 17.2 Å². The third-order valence-corrected chi connectivity index (χ3v) is 3.87. The first-order valence-electron chi connectivity index (χ1n) is 7.74. The van der Waals surface area contributed by atoms with Crippen molar-refractivity contribution in [3.63, 3.8) is 0 Å². The van der Waals surface area contributed by atoms with Crippen LogP contribution in [0.5, 0.6) is 0 Å². The van der Waals surface area contributed by atoms with Crippen molar-refractivity contribution < 1.29 is 9.53 Å². The van der Waals surface area contributed by atoms with Crippen LogP contribution < -0.4 is 4.90 Å². The number of ether oxygens (including phenoxy) is 1. The Hall–Kier alpha value is -2.80. The summed E-state index contributed by atoms with van der Waals surface area (Å²) in [5.41, 5.74) is 2.32. The van der Waals surface area contributed by atoms with Crippen molar-refractivity contribution in [1.82, 2.24) is 0 Å². The van der Waals surface area contributed by atoms with E-state index >= 15 is 0 Å². The smallest absolute Gasteiger partial charge is 0.414 e. The van der Waals surface area contributed by atoms with Gasteiger partial charge in [0.1, 0.15) is 6.61 Å². The number of hydrogen-bond acceptors (Lipinski definition) is 3. The van der Waals surface area contributed by atoms with E-state index in [0.717, 1.165) is 24.1 Å². The van der Waals surface area contributed by atoms with E-state index in [1.54, 1.807) is 29.2 Å². The lowest BCUT2D eigenvalue weighted by Gasteiger charge is -2.22. The summed E-state index contributed by atoms with van der Waals surface area (Å²) in [5.74, 6) is 0.551. The van der Waals surface area contributed by atoms with Crippen molar-refractivity contribution in [1.29, 1.82) is 5.26 Å². The van der Waals surface area contributed by atoms with Gasteiger partial charge in [-0.3, -0.25) is 4.90 Å². The Bertz CT molecular complexity index is 700. The molecular formula is C19H18N2O2. The van der Waals surface area contributed by atoms with E-state index in [2.05, 4.69) is 6.07 Å². The maximum atomic E-state index is 12.5. The van der Waals surface area contributed by atoms with Crippen LogP contribution in [0.4, 0.5) is 10.5 Å². The summed E-state index contributed by atoms with van der Waals surface area (Å²) >= 11 is 0. The molecule has 4 nitrogen and oxygen atoms in total. The van der Waals surface area contributed by atoms with E-state index in [1.165, 1.54) is 0 Å². The molecule has 1 aliphatic rings. The van der Waals surface area contributed by atoms with Gasteiger partial charge >= 0.3 is 6.09 Å². The Balaban J connectivity index is 1.69. The van der Waals surface area contributed by atoms with Crippen molar-refractivity contribution in [2.24, 2.45) is 5.92 Å². The third kappa shape index (κ3) is 4.10. The Labute approximate surface area is 135 Å². The number of carbonyl (C=O) groups excluding carboxylic acids is 1. The minimum atomic E-state index is -0.342. The van der Waals surface area contributed by atoms with E-state index in [9.17, 15) is 4.79 Å². The van der Waals surface area contributed by atoms with E-state index in [4.69, 9.17) is 10.00 Å². The van der Waals surface area contributed by atoms with Crippen molar-refractivity contribution in [3.05, 3.63) is 65.7 Å². The molecule has 0 N–H and O–H groups in total. The fraction of sp³-hybridized carbons (Fsp3) is 0.263. The molecule has 0 aromatic heterocycles. The SMILES string of the molecule is N#Cc1ccc(N(CC2CC2)C(=O)OCc2ccccc2)cc1. The molecule has 0 bridgehead atoms. The second-order valence-corrected chi connectivity index (χ2v) is 5.75. The monoisotopic (exact) mass is 306 g/mol. The van der Waals surface area contributed by atoms with Crippen LogP contribution in [0.25, 0.3) is 0 Å². The van der Waals surface area contributed by atoms with Crippen LogP contribution in [-0.4, -0.2) is 12.6 Å². The first-order chi connectivity index (χ1) is 11.3. The molecule has 1 fully saturated rings. The van der Waals surface area contributed by atoms with Gasteiger partial charge in [-0.25, -0.2) is 4.79 Å². The van der Waals surface area contributed by atoms with Crippen LogP contribution in [-0.2, 0) is 11.3 Å². The number of carbonyl (C=O) groups is 1. The summed E-state index contributed by atoms with van der Waals surface area (Å²) in [6.45, 7) is 0.927. The molecular weight excluding hydrogens is 288 g/mol. The fourth-order valence-electron chi connectivity index (χ4n) is 2.36. The van der Waals surface area contributed by atoms with Crippen LogP contribution in [0.15, 0.2) is 54.6 Å². The normalized spacial score (nSPS) is 13.2. The van der Waals surface area contributed by atoms with E-state index in [0.29, 0.717) is 18.0 Å². The molecule has 4 heteroatoms. The van der Waals surface area contributed by atoms with Gasteiger partial charge in [0.2, 0.25) is 0 Å². The number of nitrogens with zero attached hydrogens (tertiary/aromatic N) is 2. The predicted molar refractivity (Wildman–Crippen MR) is 87.9 cm³/mol. The predicted octanol–water partition coefficient (Wildman–Crippen LogP) is 4.11. The van der Waals surface area contributed by atoms with Gasteiger partial charge < -0.3 is 4.74 Å². The number of amides is 1. The molecule has 0 spiro atoms. The van der Waals surface area contributed by atoms with E-state index in [1.807, 2.05) is 30.3 Å². The number of benzene rings is 2. The quantitative estimate of drug-likeness (QED) is 0.835. The molecule has 23 heavy (non-hydrogen) atoms. The second kappa shape index (κ2) is 6.97. The minimum absolute atomic E-state index is 0.261. The molecule has 0 unspecified atom stereocenters. The third-order valence-electron chi connectivity index (χ3n) is 3.87. The van der Waals surface area contributed by atoms with Crippen molar-refractivity contribution >= 4 is 11.8 Å². The second-order valence-electron chi connectivity index (χ2n) is 5.75. The van der Waals surface area contributed by atoms with Gasteiger partial charge in [-0.05, 0) is 48.6 Å². The summed E-state index contributed by atoms with van der Waals surface area (Å²) in [6, 6.07) is 18.8. The molecule has 116 valence electrons. The van der Waals surface area contributed by atoms with Crippen LogP contribution in [0.1, 0.15) is 24.0 Å². The van der Waals surface area contributed by atoms with Crippen molar-refractivity contribution in [3.8, 4) is 6.07 Å². The Morgan fingerprint density at radius 1 is 1.13 bits per heavy atom. The zero-order valence-electron chi connectivity index (χ0n) is 12.8. The first kappa shape index (κ1) is 15.1. The van der Waals surface area contributed by atoms with Crippen molar-refractivity contribution in [2.45, 2.75) is 19.4 Å². The van der Waals surface area contributed by atoms with Gasteiger partial charge in [0.25, 0.3) is 0 Å². The highest BCUT2D eigenvalue weighted by Crippen LogP contribution is 2.32. The largest absolute Gasteiger partial charge is 0.444 e. The zero-order valence-corrected chi connectivity index (χ0v) is 12.8. The molecule has 0 saturated heterocycles. The lowest BCUT2D eigenvalue weighted by atomic mass is 10.2. The fourth-order valence-corrected chi connectivity index (χ4v) is 2.36. The maximum absolute atomic E-state index is 12.5. The van der Waals surface area contributed by atoms with Crippen molar-refractivity contribution in [2.75, 3.05) is 11.4 Å². The zero-order chi connectivity index (χ0) is 16.1. The average Bonchev–Trinajstić information content (AvgIpc) is 3.43. The summed E-state index contributed by atoms with van der Waals surface area (Å²) < 4.78 is 5.45. The topological polar surface area (TPSA) is 53.3 Å². The molecule has 0 atom stereocenters. The molecule has 1 amide bonds. The molecule has 0 heterocycles. The molecule has 0 radical (unpaired) electrons. The summed E-state index contributed by atoms with van der Waals surface area (Å²) in [7, 11) is 0. The Morgan fingerprint density at radius 3 is 2.43 bits per heavy atom. The lowest BCUT2D eigenvalue weighted by Crippen LogP contribution is -2.33. The number of nitriles is 1. The van der Waals surface area contributed by atoms with E-state index in [-0.39, 0.29) is 12.7 Å². The molecule has 1 aliphatic carbocycles. The minimum Gasteiger partial charge on any atom is -0.444 e. The van der Waals surface area contributed by atoms with Gasteiger partial charge in [0.15, 0.2) is 0 Å². The van der Waals surface area contributed by atoms with Crippen LogP contribution >= 0.6 is 0 Å². The van der Waals surface area contributed by atoms with Crippen LogP contribution in [0.2, 0.25) is 0 Å². The number of rotatable bonds is 5. The highest BCUT2D eigenvalue weighted by atomic mass is 16.6. The summed E-state index contributed by atoms with van der Waals surface area (Å²) in [6.07, 6.45) is 1.96. The molecule has 1 saturated carbocycles. The average molecular weight is 306 g/mol. The van der Waals surface area contributed by atoms with Gasteiger partial charge in [0.05, 0.1) is 11.6 Å². The van der Waals surface area contributed by atoms with E-state index < -0.39 is 0 Å². The maximum Gasteiger partial charge on any atom is 0.414 e. The molecule has 2 aromatic rings. The van der Waals surface area contributed by atoms with Gasteiger partial charge in [0, 0.05) is 12.2 Å². The number of anilines is 1. The first-order valence-corrected chi connectivity index (χ1v) is 7.74. The van der Waals surface area contributed by atoms with Gasteiger partial charge in [-0.1, -0.05) is 30.3 Å². The Morgan fingerprint density at radius 2 is 1.83 bits per heavy atom. The lowest BCUT2D eigenvalue weighted by molar-refractivity contribution is 0.147. The Kier molecular flexibility index (Phi) is 4.58. The van der Waals surface area contributed by atoms with Crippen LogP contribution in [0.3, 0.4) is 0 Å². The van der Waals surface area contributed by atoms with Gasteiger partial charge in [-0.2, -0.15) is 5.26 Å². The standard InChI is InChI=1S/C19H18N2O2/c20-12-15-8-10-18(11-9-15)21(13-16-6-7-16)19(22)23-14-17-4-2-1-3-5-17/h1-5,8-11,16H,6-7,13-14H2. The highest BCUT2D eigenvalue weighted by Gasteiger charge is 2.28.